The molecule has 1 aromatic heterocycles. The third-order valence-electron chi connectivity index (χ3n) is 6.83. The van der Waals surface area contributed by atoms with Gasteiger partial charge in [-0.1, -0.05) is 55.5 Å². The molecule has 2 amide bonds. The summed E-state index contributed by atoms with van der Waals surface area (Å²) in [7, 11) is 3.56. The lowest BCUT2D eigenvalue weighted by Gasteiger charge is -2.32. The van der Waals surface area contributed by atoms with Crippen LogP contribution in [0.4, 0.5) is 0 Å². The molecule has 35 heavy (non-hydrogen) atoms. The number of aryl methyl sites for hydroxylation is 1. The summed E-state index contributed by atoms with van der Waals surface area (Å²) in [6.45, 7) is 0.0426. The lowest BCUT2D eigenvalue weighted by molar-refractivity contribution is -0.140. The summed E-state index contributed by atoms with van der Waals surface area (Å²) in [5.41, 5.74) is 2.62. The van der Waals surface area contributed by atoms with Crippen molar-refractivity contribution in [2.75, 3.05) is 13.7 Å². The number of hydrogen-bond donors (Lipinski definition) is 1. The van der Waals surface area contributed by atoms with Crippen molar-refractivity contribution in [3.05, 3.63) is 65.9 Å². The molecule has 4 rings (SSSR count). The predicted molar refractivity (Wildman–Crippen MR) is 138 cm³/mol. The van der Waals surface area contributed by atoms with Crippen LogP contribution < -0.4 is 10.1 Å². The Kier molecular flexibility index (Phi) is 7.77. The number of ether oxygens (including phenoxy) is 1. The van der Waals surface area contributed by atoms with Crippen molar-refractivity contribution in [3.8, 4) is 18.1 Å². The van der Waals surface area contributed by atoms with E-state index in [9.17, 15) is 9.59 Å². The minimum absolute atomic E-state index is 0.0426. The van der Waals surface area contributed by atoms with Crippen LogP contribution in [0.3, 0.4) is 0 Å². The Bertz CT molecular complexity index is 1220. The van der Waals surface area contributed by atoms with Crippen LogP contribution >= 0.6 is 0 Å². The van der Waals surface area contributed by atoms with Crippen LogP contribution in [0.2, 0.25) is 0 Å². The fourth-order valence-corrected chi connectivity index (χ4v) is 5.01. The second kappa shape index (κ2) is 11.1. The van der Waals surface area contributed by atoms with Crippen LogP contribution in [0.5, 0.6) is 5.75 Å². The highest BCUT2D eigenvalue weighted by Crippen LogP contribution is 2.31. The van der Waals surface area contributed by atoms with E-state index in [1.807, 2.05) is 66.3 Å². The largest absolute Gasteiger partial charge is 0.497 e. The van der Waals surface area contributed by atoms with Gasteiger partial charge in [0.1, 0.15) is 11.8 Å². The van der Waals surface area contributed by atoms with Gasteiger partial charge in [-0.3, -0.25) is 9.59 Å². The minimum Gasteiger partial charge on any atom is -0.497 e. The smallest absolute Gasteiger partial charge is 0.247 e. The number of aromatic nitrogens is 1. The van der Waals surface area contributed by atoms with Crippen molar-refractivity contribution in [2.24, 2.45) is 7.05 Å². The number of hydrogen-bond acceptors (Lipinski definition) is 3. The number of rotatable bonds is 8. The fraction of sp³-hybridized carbons (Fsp3) is 0.379. The normalized spacial score (nSPS) is 14.8. The van der Waals surface area contributed by atoms with Gasteiger partial charge in [-0.2, -0.15) is 0 Å². The Morgan fingerprint density at radius 1 is 1.14 bits per heavy atom. The lowest BCUT2D eigenvalue weighted by atomic mass is 9.94. The van der Waals surface area contributed by atoms with Crippen LogP contribution in [-0.2, 0) is 23.1 Å². The molecule has 0 spiro atoms. The zero-order valence-corrected chi connectivity index (χ0v) is 20.5. The first-order valence-electron chi connectivity index (χ1n) is 12.2. The first kappa shape index (κ1) is 24.4. The molecule has 182 valence electrons. The van der Waals surface area contributed by atoms with E-state index < -0.39 is 6.04 Å². The number of para-hydroxylation sites is 1. The van der Waals surface area contributed by atoms with Gasteiger partial charge in [-0.15, -0.1) is 6.42 Å². The van der Waals surface area contributed by atoms with Crippen molar-refractivity contribution in [1.82, 2.24) is 14.8 Å². The standard InChI is InChI=1S/C29H33N3O3/c1-4-18-32(27(33)19-21-14-16-23(35-3)17-15-21)28(29(34)30-22-10-6-5-7-11-22)25-20-31(2)26-13-9-8-12-24(25)26/h1,8-9,12-17,20,22,28H,5-7,10-11,18-19H2,2-3H3,(H,30,34). The number of carbonyl (C=O) groups is 2. The van der Waals surface area contributed by atoms with E-state index in [2.05, 4.69) is 11.2 Å². The van der Waals surface area contributed by atoms with Gasteiger partial charge in [-0.25, -0.2) is 0 Å². The van der Waals surface area contributed by atoms with Gasteiger partial charge in [0.2, 0.25) is 11.8 Å². The average Bonchev–Trinajstić information content (AvgIpc) is 3.21. The molecule has 0 aliphatic heterocycles. The van der Waals surface area contributed by atoms with Crippen LogP contribution in [0, 0.1) is 12.3 Å². The van der Waals surface area contributed by atoms with E-state index in [1.54, 1.807) is 12.0 Å². The molecule has 3 aromatic rings. The maximum absolute atomic E-state index is 13.8. The lowest BCUT2D eigenvalue weighted by Crippen LogP contribution is -2.47. The second-order valence-corrected chi connectivity index (χ2v) is 9.21. The molecule has 1 aliphatic carbocycles. The molecule has 0 bridgehead atoms. The first-order valence-corrected chi connectivity index (χ1v) is 12.2. The Labute approximate surface area is 207 Å². The van der Waals surface area contributed by atoms with Gasteiger partial charge in [0.05, 0.1) is 20.1 Å². The molecular formula is C29H33N3O3. The Morgan fingerprint density at radius 3 is 2.54 bits per heavy atom. The van der Waals surface area contributed by atoms with Gasteiger partial charge in [0.25, 0.3) is 0 Å². The van der Waals surface area contributed by atoms with Gasteiger partial charge in [0, 0.05) is 35.8 Å². The summed E-state index contributed by atoms with van der Waals surface area (Å²) in [6, 6.07) is 14.6. The van der Waals surface area contributed by atoms with Crippen LogP contribution in [0.15, 0.2) is 54.7 Å². The molecule has 1 saturated carbocycles. The van der Waals surface area contributed by atoms with Crippen molar-refractivity contribution < 1.29 is 14.3 Å². The van der Waals surface area contributed by atoms with Crippen LogP contribution in [0.25, 0.3) is 10.9 Å². The number of carbonyl (C=O) groups excluding carboxylic acids is 2. The Hall–Kier alpha value is -3.72. The van der Waals surface area contributed by atoms with E-state index in [4.69, 9.17) is 11.2 Å². The summed E-state index contributed by atoms with van der Waals surface area (Å²) >= 11 is 0. The third-order valence-corrected chi connectivity index (χ3v) is 6.83. The molecule has 1 fully saturated rings. The summed E-state index contributed by atoms with van der Waals surface area (Å²) in [6.07, 6.45) is 13.1. The number of benzene rings is 2. The van der Waals surface area contributed by atoms with E-state index >= 15 is 0 Å². The average molecular weight is 472 g/mol. The van der Waals surface area contributed by atoms with Gasteiger partial charge in [-0.05, 0) is 36.6 Å². The van der Waals surface area contributed by atoms with Gasteiger partial charge < -0.3 is 19.5 Å². The zero-order chi connectivity index (χ0) is 24.8. The van der Waals surface area contributed by atoms with E-state index in [0.29, 0.717) is 0 Å². The molecule has 1 aliphatic rings. The monoisotopic (exact) mass is 471 g/mol. The quantitative estimate of drug-likeness (QED) is 0.496. The highest BCUT2D eigenvalue weighted by Gasteiger charge is 2.34. The molecule has 6 heteroatoms. The highest BCUT2D eigenvalue weighted by molar-refractivity contribution is 5.95. The number of terminal acetylenes is 1. The maximum Gasteiger partial charge on any atom is 0.247 e. The van der Waals surface area contributed by atoms with E-state index in [0.717, 1.165) is 53.5 Å². The van der Waals surface area contributed by atoms with Crippen molar-refractivity contribution >= 4 is 22.7 Å². The van der Waals surface area contributed by atoms with E-state index in [1.165, 1.54) is 6.42 Å². The molecule has 1 N–H and O–H groups in total. The van der Waals surface area contributed by atoms with Crippen LogP contribution in [0.1, 0.15) is 49.3 Å². The summed E-state index contributed by atoms with van der Waals surface area (Å²) in [4.78, 5) is 29.0. The Balaban J connectivity index is 1.70. The number of amides is 2. The summed E-state index contributed by atoms with van der Waals surface area (Å²) in [5.74, 6) is 2.97. The molecular weight excluding hydrogens is 438 g/mol. The number of nitrogens with one attached hydrogen (secondary N) is 1. The highest BCUT2D eigenvalue weighted by atomic mass is 16.5. The number of fused-ring (bicyclic) bond motifs is 1. The van der Waals surface area contributed by atoms with Gasteiger partial charge in [0.15, 0.2) is 0 Å². The first-order chi connectivity index (χ1) is 17.0. The topological polar surface area (TPSA) is 63.6 Å². The molecule has 1 atom stereocenters. The molecule has 1 unspecified atom stereocenters. The SMILES string of the molecule is C#CCN(C(=O)Cc1ccc(OC)cc1)C(C(=O)NC1CCCCC1)c1cn(C)c2ccccc12. The summed E-state index contributed by atoms with van der Waals surface area (Å²) in [5, 5.41) is 4.18. The molecule has 0 radical (unpaired) electrons. The third kappa shape index (κ3) is 5.51. The summed E-state index contributed by atoms with van der Waals surface area (Å²) < 4.78 is 7.22. The predicted octanol–water partition coefficient (Wildman–Crippen LogP) is 4.38. The molecule has 6 nitrogen and oxygen atoms in total. The molecule has 2 aromatic carbocycles. The zero-order valence-electron chi connectivity index (χ0n) is 20.5. The Morgan fingerprint density at radius 2 is 1.86 bits per heavy atom. The fourth-order valence-electron chi connectivity index (χ4n) is 5.01. The molecule has 0 saturated heterocycles. The van der Waals surface area contributed by atoms with Crippen molar-refractivity contribution in [1.29, 1.82) is 0 Å². The van der Waals surface area contributed by atoms with Crippen LogP contribution in [-0.4, -0.2) is 41.0 Å². The second-order valence-electron chi connectivity index (χ2n) is 9.21. The van der Waals surface area contributed by atoms with Gasteiger partial charge >= 0.3 is 0 Å². The maximum atomic E-state index is 13.8. The van der Waals surface area contributed by atoms with Crippen molar-refractivity contribution in [3.63, 3.8) is 0 Å². The number of nitrogens with zero attached hydrogens (tertiary/aromatic N) is 2. The number of methoxy groups -OCH3 is 1. The van der Waals surface area contributed by atoms with E-state index in [-0.39, 0.29) is 30.8 Å². The minimum atomic E-state index is -0.815. The molecule has 1 heterocycles. The van der Waals surface area contributed by atoms with Crippen molar-refractivity contribution in [2.45, 2.75) is 50.6 Å².